The largest absolute Gasteiger partial charge is 0.444 e. The molecule has 1 atom stereocenters. The van der Waals surface area contributed by atoms with Crippen molar-refractivity contribution in [3.8, 4) is 11.5 Å². The molecule has 1 aromatic heterocycles. The summed E-state index contributed by atoms with van der Waals surface area (Å²) >= 11 is 7.79. The summed E-state index contributed by atoms with van der Waals surface area (Å²) in [5, 5.41) is 1.22. The zero-order valence-electron chi connectivity index (χ0n) is 10.8. The molecular formula is C14H17ClN2OS. The molecule has 0 aliphatic rings. The summed E-state index contributed by atoms with van der Waals surface area (Å²) < 4.78 is 5.49. The Labute approximate surface area is 122 Å². The van der Waals surface area contributed by atoms with Gasteiger partial charge in [-0.05, 0) is 31.2 Å². The number of oxazole rings is 1. The first kappa shape index (κ1) is 14.4. The number of benzene rings is 1. The van der Waals surface area contributed by atoms with Crippen molar-refractivity contribution in [3.05, 3.63) is 41.2 Å². The van der Waals surface area contributed by atoms with Gasteiger partial charge in [-0.3, -0.25) is 0 Å². The summed E-state index contributed by atoms with van der Waals surface area (Å²) in [6, 6.07) is 7.51. The Morgan fingerprint density at radius 1 is 1.47 bits per heavy atom. The van der Waals surface area contributed by atoms with Crippen LogP contribution in [0.25, 0.3) is 11.5 Å². The van der Waals surface area contributed by atoms with E-state index in [-0.39, 0.29) is 0 Å². The molecule has 1 unspecified atom stereocenters. The van der Waals surface area contributed by atoms with E-state index in [1.165, 1.54) is 0 Å². The van der Waals surface area contributed by atoms with Crippen LogP contribution >= 0.6 is 23.4 Å². The second kappa shape index (κ2) is 6.98. The highest BCUT2D eigenvalue weighted by molar-refractivity contribution is 7.99. The first-order chi connectivity index (χ1) is 9.19. The summed E-state index contributed by atoms with van der Waals surface area (Å²) in [6.07, 6.45) is 2.72. The minimum absolute atomic E-state index is 0.538. The van der Waals surface area contributed by atoms with Crippen molar-refractivity contribution in [1.29, 1.82) is 0 Å². The Bertz CT molecular complexity index is 530. The lowest BCUT2D eigenvalue weighted by atomic mass is 10.2. The van der Waals surface area contributed by atoms with Crippen LogP contribution in [0.15, 0.2) is 34.9 Å². The van der Waals surface area contributed by atoms with Gasteiger partial charge in [-0.15, -0.1) is 0 Å². The Morgan fingerprint density at radius 2 is 2.32 bits per heavy atom. The zero-order valence-corrected chi connectivity index (χ0v) is 12.4. The van der Waals surface area contributed by atoms with E-state index in [2.05, 4.69) is 11.9 Å². The molecule has 0 fully saturated rings. The van der Waals surface area contributed by atoms with Gasteiger partial charge in [0.05, 0.1) is 5.69 Å². The van der Waals surface area contributed by atoms with Crippen LogP contribution in [-0.4, -0.2) is 16.8 Å². The van der Waals surface area contributed by atoms with Gasteiger partial charge in [0.1, 0.15) is 6.26 Å². The summed E-state index contributed by atoms with van der Waals surface area (Å²) in [4.78, 5) is 4.48. The van der Waals surface area contributed by atoms with Crippen LogP contribution in [0.4, 0.5) is 0 Å². The van der Waals surface area contributed by atoms with E-state index in [4.69, 9.17) is 21.8 Å². The van der Waals surface area contributed by atoms with Crippen LogP contribution in [0.2, 0.25) is 5.02 Å². The molecule has 2 aromatic rings. The van der Waals surface area contributed by atoms with Crippen molar-refractivity contribution >= 4 is 23.4 Å². The SMILES string of the molecule is CC(CCN)SCc1coc(-c2cccc(Cl)c2)n1. The maximum atomic E-state index is 5.95. The van der Waals surface area contributed by atoms with Crippen molar-refractivity contribution in [2.45, 2.75) is 24.3 Å². The number of hydrogen-bond donors (Lipinski definition) is 1. The summed E-state index contributed by atoms with van der Waals surface area (Å²) in [5.74, 6) is 1.45. The molecule has 19 heavy (non-hydrogen) atoms. The molecule has 0 radical (unpaired) electrons. The lowest BCUT2D eigenvalue weighted by Gasteiger charge is -2.07. The second-order valence-corrected chi connectivity index (χ2v) is 6.22. The number of nitrogens with two attached hydrogens (primary N) is 1. The summed E-state index contributed by atoms with van der Waals surface area (Å²) in [5.41, 5.74) is 7.38. The topological polar surface area (TPSA) is 52.0 Å². The number of rotatable bonds is 6. The predicted octanol–water partition coefficient (Wildman–Crippen LogP) is 3.97. The first-order valence-corrected chi connectivity index (χ1v) is 7.63. The minimum Gasteiger partial charge on any atom is -0.444 e. The molecular weight excluding hydrogens is 280 g/mol. The molecule has 2 N–H and O–H groups in total. The summed E-state index contributed by atoms with van der Waals surface area (Å²) in [7, 11) is 0. The molecule has 3 nitrogen and oxygen atoms in total. The number of nitrogens with zero attached hydrogens (tertiary/aromatic N) is 1. The van der Waals surface area contributed by atoms with Gasteiger partial charge in [0.25, 0.3) is 0 Å². The predicted molar refractivity (Wildman–Crippen MR) is 81.4 cm³/mol. The Hall–Kier alpha value is -0.970. The van der Waals surface area contributed by atoms with Crippen LogP contribution in [0.1, 0.15) is 19.0 Å². The lowest BCUT2D eigenvalue weighted by molar-refractivity contribution is 0.573. The maximum absolute atomic E-state index is 5.95. The Kier molecular flexibility index (Phi) is 5.31. The molecule has 0 spiro atoms. The number of halogens is 1. The molecule has 0 saturated carbocycles. The van der Waals surface area contributed by atoms with Crippen LogP contribution in [0.5, 0.6) is 0 Å². The molecule has 2 rings (SSSR count). The standard InChI is InChI=1S/C14H17ClN2OS/c1-10(5-6-16)19-9-13-8-18-14(17-13)11-3-2-4-12(15)7-11/h2-4,7-8,10H,5-6,9,16H2,1H3. The molecule has 5 heteroatoms. The summed E-state index contributed by atoms with van der Waals surface area (Å²) in [6.45, 7) is 2.90. The molecule has 0 aliphatic carbocycles. The minimum atomic E-state index is 0.538. The number of thioether (sulfide) groups is 1. The number of aromatic nitrogens is 1. The molecule has 1 heterocycles. The van der Waals surface area contributed by atoms with Crippen LogP contribution in [0.3, 0.4) is 0 Å². The normalized spacial score (nSPS) is 12.6. The fourth-order valence-corrected chi connectivity index (χ4v) is 2.75. The smallest absolute Gasteiger partial charge is 0.226 e. The third-order valence-corrected chi connectivity index (χ3v) is 4.21. The van der Waals surface area contributed by atoms with Gasteiger partial charge in [-0.1, -0.05) is 24.6 Å². The molecule has 0 aliphatic heterocycles. The monoisotopic (exact) mass is 296 g/mol. The van der Waals surface area contributed by atoms with Crippen LogP contribution in [-0.2, 0) is 5.75 Å². The molecule has 1 aromatic carbocycles. The average Bonchev–Trinajstić information content (AvgIpc) is 2.85. The highest BCUT2D eigenvalue weighted by Gasteiger charge is 2.09. The Balaban J connectivity index is 1.99. The van der Waals surface area contributed by atoms with E-state index in [1.54, 1.807) is 6.26 Å². The van der Waals surface area contributed by atoms with Gasteiger partial charge < -0.3 is 10.2 Å². The van der Waals surface area contributed by atoms with Crippen molar-refractivity contribution in [2.75, 3.05) is 6.54 Å². The fourth-order valence-electron chi connectivity index (χ4n) is 1.67. The quantitative estimate of drug-likeness (QED) is 0.876. The third kappa shape index (κ3) is 4.27. The van der Waals surface area contributed by atoms with Gasteiger partial charge in [-0.25, -0.2) is 4.98 Å². The van der Waals surface area contributed by atoms with Crippen molar-refractivity contribution in [1.82, 2.24) is 4.98 Å². The Morgan fingerprint density at radius 3 is 3.05 bits per heavy atom. The van der Waals surface area contributed by atoms with Gasteiger partial charge in [0.2, 0.25) is 5.89 Å². The molecule has 0 amide bonds. The maximum Gasteiger partial charge on any atom is 0.226 e. The van der Waals surface area contributed by atoms with E-state index in [1.807, 2.05) is 36.0 Å². The van der Waals surface area contributed by atoms with Crippen molar-refractivity contribution < 1.29 is 4.42 Å². The highest BCUT2D eigenvalue weighted by atomic mass is 35.5. The second-order valence-electron chi connectivity index (χ2n) is 4.35. The molecule has 0 bridgehead atoms. The van der Waals surface area contributed by atoms with Gasteiger partial charge in [0.15, 0.2) is 0 Å². The van der Waals surface area contributed by atoms with E-state index in [0.29, 0.717) is 16.2 Å². The van der Waals surface area contributed by atoms with Crippen LogP contribution < -0.4 is 5.73 Å². The lowest BCUT2D eigenvalue weighted by Crippen LogP contribution is -2.07. The third-order valence-electron chi connectivity index (χ3n) is 2.71. The van der Waals surface area contributed by atoms with Gasteiger partial charge in [-0.2, -0.15) is 11.8 Å². The first-order valence-electron chi connectivity index (χ1n) is 6.21. The van der Waals surface area contributed by atoms with E-state index < -0.39 is 0 Å². The van der Waals surface area contributed by atoms with E-state index in [9.17, 15) is 0 Å². The molecule has 0 saturated heterocycles. The van der Waals surface area contributed by atoms with Gasteiger partial charge in [0, 0.05) is 21.6 Å². The highest BCUT2D eigenvalue weighted by Crippen LogP contribution is 2.24. The van der Waals surface area contributed by atoms with Crippen molar-refractivity contribution in [3.63, 3.8) is 0 Å². The van der Waals surface area contributed by atoms with E-state index in [0.717, 1.165) is 30.0 Å². The molecule has 102 valence electrons. The van der Waals surface area contributed by atoms with E-state index >= 15 is 0 Å². The zero-order chi connectivity index (χ0) is 13.7. The van der Waals surface area contributed by atoms with Crippen LogP contribution in [0, 0.1) is 0 Å². The average molecular weight is 297 g/mol. The number of hydrogen-bond acceptors (Lipinski definition) is 4. The fraction of sp³-hybridized carbons (Fsp3) is 0.357. The van der Waals surface area contributed by atoms with Crippen molar-refractivity contribution in [2.24, 2.45) is 5.73 Å². The van der Waals surface area contributed by atoms with Gasteiger partial charge >= 0.3 is 0 Å².